The van der Waals surface area contributed by atoms with Crippen LogP contribution in [-0.4, -0.2) is 12.2 Å². The van der Waals surface area contributed by atoms with Crippen LogP contribution in [0.4, 0.5) is 0 Å². The van der Waals surface area contributed by atoms with Crippen LogP contribution in [0.2, 0.25) is 5.02 Å². The van der Waals surface area contributed by atoms with Gasteiger partial charge in [0.25, 0.3) is 0 Å². The normalized spacial score (nSPS) is 16.2. The minimum absolute atomic E-state index is 0.808. The molecule has 1 fully saturated rings. The highest BCUT2D eigenvalue weighted by Gasteiger charge is 2.16. The van der Waals surface area contributed by atoms with E-state index in [1.165, 1.54) is 31.2 Å². The van der Waals surface area contributed by atoms with Gasteiger partial charge in [-0.15, -0.1) is 0 Å². The van der Waals surface area contributed by atoms with Crippen LogP contribution in [0.5, 0.6) is 0 Å². The molecule has 1 aromatic carbocycles. The number of aliphatic hydroxyl groups excluding tert-OH is 1. The summed E-state index contributed by atoms with van der Waals surface area (Å²) in [7, 11) is 1.00. The van der Waals surface area contributed by atoms with Gasteiger partial charge in [-0.2, -0.15) is 0 Å². The molecule has 0 atom stereocenters. The van der Waals surface area contributed by atoms with E-state index in [0.717, 1.165) is 18.1 Å². The number of halogens is 1. The zero-order valence-corrected chi connectivity index (χ0v) is 9.30. The standard InChI is InChI=1S/C11H13Cl.CH4O/c12-11-7-5-10(6-8-11)9-3-1-2-4-9;1-2/h5-9H,1-4H2;2H,1H3. The smallest absolute Gasteiger partial charge is 0.0406 e. The Morgan fingerprint density at radius 1 is 1.07 bits per heavy atom. The minimum atomic E-state index is 0.808. The van der Waals surface area contributed by atoms with Crippen molar-refractivity contribution in [1.29, 1.82) is 0 Å². The van der Waals surface area contributed by atoms with Crippen molar-refractivity contribution in [3.05, 3.63) is 34.9 Å². The molecule has 0 unspecified atom stereocenters. The molecule has 1 N–H and O–H groups in total. The zero-order chi connectivity index (χ0) is 10.4. The van der Waals surface area contributed by atoms with Crippen molar-refractivity contribution in [1.82, 2.24) is 0 Å². The van der Waals surface area contributed by atoms with Crippen LogP contribution >= 0.6 is 11.6 Å². The number of hydrogen-bond donors (Lipinski definition) is 1. The van der Waals surface area contributed by atoms with Crippen molar-refractivity contribution in [3.63, 3.8) is 0 Å². The van der Waals surface area contributed by atoms with Crippen LogP contribution in [0, 0.1) is 0 Å². The van der Waals surface area contributed by atoms with E-state index >= 15 is 0 Å². The van der Waals surface area contributed by atoms with E-state index < -0.39 is 0 Å². The highest BCUT2D eigenvalue weighted by Crippen LogP contribution is 2.34. The summed E-state index contributed by atoms with van der Waals surface area (Å²) in [5, 5.41) is 7.84. The summed E-state index contributed by atoms with van der Waals surface area (Å²) in [6, 6.07) is 8.32. The second kappa shape index (κ2) is 6.05. The Bertz CT molecular complexity index is 250. The SMILES string of the molecule is CO.Clc1ccc(C2CCCC2)cc1. The molecule has 78 valence electrons. The Balaban J connectivity index is 0.000000461. The van der Waals surface area contributed by atoms with E-state index in [2.05, 4.69) is 12.1 Å². The average Bonchev–Trinajstić information content (AvgIpc) is 2.75. The third kappa shape index (κ3) is 3.00. The predicted molar refractivity (Wildman–Crippen MR) is 60.8 cm³/mol. The molecule has 2 heteroatoms. The van der Waals surface area contributed by atoms with Crippen molar-refractivity contribution < 1.29 is 5.11 Å². The van der Waals surface area contributed by atoms with Crippen molar-refractivity contribution in [2.45, 2.75) is 31.6 Å². The Kier molecular flexibility index (Phi) is 4.99. The van der Waals surface area contributed by atoms with Gasteiger partial charge in [0, 0.05) is 12.1 Å². The van der Waals surface area contributed by atoms with Crippen LogP contribution in [0.25, 0.3) is 0 Å². The first-order valence-electron chi connectivity index (χ1n) is 5.06. The summed E-state index contributed by atoms with van der Waals surface area (Å²) >= 11 is 5.82. The molecule has 0 radical (unpaired) electrons. The maximum Gasteiger partial charge on any atom is 0.0406 e. The number of hydrogen-bond acceptors (Lipinski definition) is 1. The summed E-state index contributed by atoms with van der Waals surface area (Å²) < 4.78 is 0. The van der Waals surface area contributed by atoms with Gasteiger partial charge < -0.3 is 5.11 Å². The molecule has 1 aliphatic carbocycles. The highest BCUT2D eigenvalue weighted by molar-refractivity contribution is 6.30. The van der Waals surface area contributed by atoms with Crippen LogP contribution in [-0.2, 0) is 0 Å². The molecule has 0 aromatic heterocycles. The van der Waals surface area contributed by atoms with Crippen LogP contribution < -0.4 is 0 Å². The molecule has 1 saturated carbocycles. The zero-order valence-electron chi connectivity index (χ0n) is 8.54. The number of rotatable bonds is 1. The van der Waals surface area contributed by atoms with E-state index in [1.807, 2.05) is 12.1 Å². The highest BCUT2D eigenvalue weighted by atomic mass is 35.5. The molecule has 1 aromatic rings. The summed E-state index contributed by atoms with van der Waals surface area (Å²) in [6.07, 6.45) is 5.52. The molecular formula is C12H17ClO. The summed E-state index contributed by atoms with van der Waals surface area (Å²) in [4.78, 5) is 0. The average molecular weight is 213 g/mol. The van der Waals surface area contributed by atoms with Crippen LogP contribution in [0.3, 0.4) is 0 Å². The van der Waals surface area contributed by atoms with E-state index in [1.54, 1.807) is 0 Å². The van der Waals surface area contributed by atoms with E-state index in [0.29, 0.717) is 0 Å². The van der Waals surface area contributed by atoms with E-state index in [4.69, 9.17) is 16.7 Å². The molecule has 14 heavy (non-hydrogen) atoms. The summed E-state index contributed by atoms with van der Waals surface area (Å²) in [5.74, 6) is 0.808. The minimum Gasteiger partial charge on any atom is -0.400 e. The van der Waals surface area contributed by atoms with Crippen molar-refractivity contribution >= 4 is 11.6 Å². The molecule has 0 saturated heterocycles. The van der Waals surface area contributed by atoms with Crippen LogP contribution in [0.1, 0.15) is 37.2 Å². The van der Waals surface area contributed by atoms with Gasteiger partial charge in [-0.25, -0.2) is 0 Å². The first kappa shape index (κ1) is 11.5. The monoisotopic (exact) mass is 212 g/mol. The largest absolute Gasteiger partial charge is 0.400 e. The quantitative estimate of drug-likeness (QED) is 0.754. The van der Waals surface area contributed by atoms with E-state index in [-0.39, 0.29) is 0 Å². The molecular weight excluding hydrogens is 196 g/mol. The fourth-order valence-electron chi connectivity index (χ4n) is 1.99. The lowest BCUT2D eigenvalue weighted by atomic mass is 9.98. The third-order valence-corrected chi connectivity index (χ3v) is 2.95. The molecule has 1 aliphatic rings. The first-order chi connectivity index (χ1) is 6.86. The molecule has 1 nitrogen and oxygen atoms in total. The van der Waals surface area contributed by atoms with Crippen LogP contribution in [0.15, 0.2) is 24.3 Å². The van der Waals surface area contributed by atoms with Gasteiger partial charge in [-0.05, 0) is 36.5 Å². The van der Waals surface area contributed by atoms with Crippen molar-refractivity contribution in [2.24, 2.45) is 0 Å². The third-order valence-electron chi connectivity index (χ3n) is 2.70. The van der Waals surface area contributed by atoms with Gasteiger partial charge in [0.2, 0.25) is 0 Å². The predicted octanol–water partition coefficient (Wildman–Crippen LogP) is 3.61. The Morgan fingerprint density at radius 2 is 1.57 bits per heavy atom. The van der Waals surface area contributed by atoms with Crippen molar-refractivity contribution in [3.8, 4) is 0 Å². The first-order valence-corrected chi connectivity index (χ1v) is 5.44. The molecule has 0 spiro atoms. The second-order valence-electron chi connectivity index (χ2n) is 3.53. The van der Waals surface area contributed by atoms with Gasteiger partial charge in [0.15, 0.2) is 0 Å². The molecule has 0 heterocycles. The maximum atomic E-state index is 7.00. The maximum absolute atomic E-state index is 7.00. The number of aliphatic hydroxyl groups is 1. The van der Waals surface area contributed by atoms with E-state index in [9.17, 15) is 0 Å². The Morgan fingerprint density at radius 3 is 2.07 bits per heavy atom. The lowest BCUT2D eigenvalue weighted by molar-refractivity contribution is 0.399. The lowest BCUT2D eigenvalue weighted by Gasteiger charge is -2.08. The Labute approximate surface area is 90.7 Å². The van der Waals surface area contributed by atoms with Crippen molar-refractivity contribution in [2.75, 3.05) is 7.11 Å². The number of benzene rings is 1. The lowest BCUT2D eigenvalue weighted by Crippen LogP contribution is -1.90. The van der Waals surface area contributed by atoms with Gasteiger partial charge >= 0.3 is 0 Å². The van der Waals surface area contributed by atoms with Gasteiger partial charge in [-0.1, -0.05) is 36.6 Å². The second-order valence-corrected chi connectivity index (χ2v) is 3.97. The molecule has 0 amide bonds. The van der Waals surface area contributed by atoms with Gasteiger partial charge in [0.05, 0.1) is 0 Å². The Hall–Kier alpha value is -0.530. The topological polar surface area (TPSA) is 20.2 Å². The summed E-state index contributed by atoms with van der Waals surface area (Å²) in [5.41, 5.74) is 1.47. The van der Waals surface area contributed by atoms with Gasteiger partial charge in [-0.3, -0.25) is 0 Å². The fraction of sp³-hybridized carbons (Fsp3) is 0.500. The fourth-order valence-corrected chi connectivity index (χ4v) is 2.12. The summed E-state index contributed by atoms with van der Waals surface area (Å²) in [6.45, 7) is 0. The molecule has 2 rings (SSSR count). The van der Waals surface area contributed by atoms with Gasteiger partial charge in [0.1, 0.15) is 0 Å². The molecule has 0 aliphatic heterocycles. The molecule has 0 bridgehead atoms.